The largest absolute Gasteiger partial charge is 0.488 e. The topological polar surface area (TPSA) is 41.5 Å². The number of halogens is 3. The molecule has 0 aliphatic heterocycles. The second-order valence-electron chi connectivity index (χ2n) is 5.59. The number of nitrogens with one attached hydrogen (secondary N) is 1. The summed E-state index contributed by atoms with van der Waals surface area (Å²) in [5, 5.41) is 12.2. The van der Waals surface area contributed by atoms with Crippen LogP contribution in [-0.4, -0.2) is 18.3 Å². The van der Waals surface area contributed by atoms with E-state index in [-0.39, 0.29) is 31.4 Å². The SMILES string of the molecule is Cl.OCCCCCNCc1cc(Br)ccc1OCc1ccccc1F. The summed E-state index contributed by atoms with van der Waals surface area (Å²) in [5.41, 5.74) is 1.58. The van der Waals surface area contributed by atoms with E-state index in [0.29, 0.717) is 12.1 Å². The van der Waals surface area contributed by atoms with Gasteiger partial charge in [0.25, 0.3) is 0 Å². The van der Waals surface area contributed by atoms with E-state index in [1.165, 1.54) is 6.07 Å². The zero-order chi connectivity index (χ0) is 17.2. The molecule has 0 bridgehead atoms. The Morgan fingerprint density at radius 2 is 1.84 bits per heavy atom. The Balaban J connectivity index is 0.00000312. The van der Waals surface area contributed by atoms with Crippen LogP contribution >= 0.6 is 28.3 Å². The highest BCUT2D eigenvalue weighted by Gasteiger charge is 2.07. The Bertz CT molecular complexity index is 643. The third-order valence-corrected chi connectivity index (χ3v) is 4.18. The Morgan fingerprint density at radius 1 is 1.04 bits per heavy atom. The fraction of sp³-hybridized carbons (Fsp3) is 0.368. The van der Waals surface area contributed by atoms with Crippen LogP contribution in [0.4, 0.5) is 4.39 Å². The zero-order valence-electron chi connectivity index (χ0n) is 14.0. The van der Waals surface area contributed by atoms with Gasteiger partial charge in [-0.15, -0.1) is 12.4 Å². The number of hydrogen-bond acceptors (Lipinski definition) is 3. The van der Waals surface area contributed by atoms with Crippen LogP contribution in [0.1, 0.15) is 30.4 Å². The molecule has 0 unspecified atom stereocenters. The number of rotatable bonds is 10. The second kappa shape index (κ2) is 12.3. The summed E-state index contributed by atoms with van der Waals surface area (Å²) in [6, 6.07) is 12.5. The Morgan fingerprint density at radius 3 is 2.60 bits per heavy atom. The fourth-order valence-electron chi connectivity index (χ4n) is 2.36. The lowest BCUT2D eigenvalue weighted by molar-refractivity contribution is 0.282. The fourth-order valence-corrected chi connectivity index (χ4v) is 2.77. The lowest BCUT2D eigenvalue weighted by atomic mass is 10.2. The number of aliphatic hydroxyl groups is 1. The lowest BCUT2D eigenvalue weighted by Gasteiger charge is -2.13. The van der Waals surface area contributed by atoms with Gasteiger partial charge in [-0.1, -0.05) is 34.1 Å². The van der Waals surface area contributed by atoms with Crippen molar-refractivity contribution in [1.29, 1.82) is 0 Å². The van der Waals surface area contributed by atoms with Gasteiger partial charge in [-0.05, 0) is 50.1 Å². The summed E-state index contributed by atoms with van der Waals surface area (Å²) >= 11 is 3.48. The van der Waals surface area contributed by atoms with Crippen LogP contribution in [0.3, 0.4) is 0 Å². The second-order valence-corrected chi connectivity index (χ2v) is 6.51. The summed E-state index contributed by atoms with van der Waals surface area (Å²) < 4.78 is 20.5. The van der Waals surface area contributed by atoms with Crippen LogP contribution in [0.2, 0.25) is 0 Å². The van der Waals surface area contributed by atoms with Crippen molar-refractivity contribution in [2.24, 2.45) is 0 Å². The molecule has 0 atom stereocenters. The van der Waals surface area contributed by atoms with Crippen LogP contribution in [-0.2, 0) is 13.2 Å². The van der Waals surface area contributed by atoms with Crippen LogP contribution < -0.4 is 10.1 Å². The minimum absolute atomic E-state index is 0. The number of ether oxygens (including phenoxy) is 1. The van der Waals surface area contributed by atoms with E-state index in [1.807, 2.05) is 18.2 Å². The van der Waals surface area contributed by atoms with Gasteiger partial charge in [0.15, 0.2) is 0 Å². The van der Waals surface area contributed by atoms with E-state index in [2.05, 4.69) is 21.2 Å². The van der Waals surface area contributed by atoms with E-state index >= 15 is 0 Å². The molecule has 0 spiro atoms. The van der Waals surface area contributed by atoms with Gasteiger partial charge in [0.1, 0.15) is 18.2 Å². The molecule has 2 aromatic carbocycles. The molecule has 6 heteroatoms. The summed E-state index contributed by atoms with van der Waals surface area (Å²) in [4.78, 5) is 0. The number of hydrogen-bond donors (Lipinski definition) is 2. The van der Waals surface area contributed by atoms with Gasteiger partial charge < -0.3 is 15.2 Å². The summed E-state index contributed by atoms with van der Waals surface area (Å²) in [5.74, 6) is 0.502. The molecular weight excluding hydrogens is 409 g/mol. The maximum absolute atomic E-state index is 13.7. The zero-order valence-corrected chi connectivity index (χ0v) is 16.4. The molecule has 0 saturated carbocycles. The predicted molar refractivity (Wildman–Crippen MR) is 105 cm³/mol. The van der Waals surface area contributed by atoms with Crippen molar-refractivity contribution in [3.8, 4) is 5.75 Å². The molecule has 138 valence electrons. The molecule has 0 amide bonds. The molecule has 25 heavy (non-hydrogen) atoms. The van der Waals surface area contributed by atoms with Gasteiger partial charge >= 0.3 is 0 Å². The monoisotopic (exact) mass is 431 g/mol. The highest BCUT2D eigenvalue weighted by atomic mass is 79.9. The minimum atomic E-state index is -0.252. The first kappa shape index (κ1) is 21.9. The highest BCUT2D eigenvalue weighted by molar-refractivity contribution is 9.10. The minimum Gasteiger partial charge on any atom is -0.488 e. The molecule has 3 nitrogen and oxygen atoms in total. The molecule has 0 saturated heterocycles. The van der Waals surface area contributed by atoms with Gasteiger partial charge in [-0.2, -0.15) is 0 Å². The first-order valence-corrected chi connectivity index (χ1v) is 8.96. The van der Waals surface area contributed by atoms with Crippen LogP contribution in [0.5, 0.6) is 5.75 Å². The van der Waals surface area contributed by atoms with Crippen LogP contribution in [0.25, 0.3) is 0 Å². The molecule has 0 aliphatic carbocycles. The number of benzene rings is 2. The third kappa shape index (κ3) is 7.74. The van der Waals surface area contributed by atoms with E-state index in [0.717, 1.165) is 41.6 Å². The molecule has 0 aliphatic rings. The van der Waals surface area contributed by atoms with E-state index in [9.17, 15) is 4.39 Å². The van der Waals surface area contributed by atoms with Gasteiger partial charge in [0.2, 0.25) is 0 Å². The predicted octanol–water partition coefficient (Wildman–Crippen LogP) is 4.84. The standard InChI is InChI=1S/C19H23BrFNO2.ClH/c20-17-8-9-19(24-14-15-6-2-3-7-18(15)21)16(12-17)13-22-10-4-1-5-11-23;/h2-3,6-9,12,22-23H,1,4-5,10-11,13-14H2;1H. The van der Waals surface area contributed by atoms with E-state index in [1.54, 1.807) is 18.2 Å². The Labute approximate surface area is 163 Å². The van der Waals surface area contributed by atoms with Crippen molar-refractivity contribution >= 4 is 28.3 Å². The molecule has 0 heterocycles. The molecule has 0 aromatic heterocycles. The summed E-state index contributed by atoms with van der Waals surface area (Å²) in [6.45, 7) is 2.03. The molecular formula is C19H24BrClFNO2. The van der Waals surface area contributed by atoms with E-state index < -0.39 is 0 Å². The van der Waals surface area contributed by atoms with Gasteiger partial charge in [-0.3, -0.25) is 0 Å². The van der Waals surface area contributed by atoms with Gasteiger partial charge in [-0.25, -0.2) is 4.39 Å². The summed E-state index contributed by atoms with van der Waals surface area (Å²) in [7, 11) is 0. The maximum Gasteiger partial charge on any atom is 0.129 e. The first-order chi connectivity index (χ1) is 11.7. The average molecular weight is 433 g/mol. The molecule has 2 aromatic rings. The normalized spacial score (nSPS) is 10.4. The molecule has 0 fully saturated rings. The van der Waals surface area contributed by atoms with Crippen molar-refractivity contribution in [2.75, 3.05) is 13.2 Å². The molecule has 2 rings (SSSR count). The lowest BCUT2D eigenvalue weighted by Crippen LogP contribution is -2.15. The van der Waals surface area contributed by atoms with Crippen molar-refractivity contribution in [2.45, 2.75) is 32.4 Å². The number of aliphatic hydroxyl groups excluding tert-OH is 1. The molecule has 2 N–H and O–H groups in total. The third-order valence-electron chi connectivity index (χ3n) is 3.69. The van der Waals surface area contributed by atoms with Crippen molar-refractivity contribution < 1.29 is 14.2 Å². The summed E-state index contributed by atoms with van der Waals surface area (Å²) in [6.07, 6.45) is 2.88. The van der Waals surface area contributed by atoms with Crippen molar-refractivity contribution in [1.82, 2.24) is 5.32 Å². The van der Waals surface area contributed by atoms with Crippen LogP contribution in [0.15, 0.2) is 46.9 Å². The van der Waals surface area contributed by atoms with E-state index in [4.69, 9.17) is 9.84 Å². The Hall–Kier alpha value is -1.14. The van der Waals surface area contributed by atoms with Crippen molar-refractivity contribution in [3.05, 3.63) is 63.9 Å². The smallest absolute Gasteiger partial charge is 0.129 e. The average Bonchev–Trinajstić information content (AvgIpc) is 2.58. The highest BCUT2D eigenvalue weighted by Crippen LogP contribution is 2.24. The quantitative estimate of drug-likeness (QED) is 0.528. The number of unbranched alkanes of at least 4 members (excludes halogenated alkanes) is 2. The maximum atomic E-state index is 13.7. The molecule has 0 radical (unpaired) electrons. The van der Waals surface area contributed by atoms with Crippen molar-refractivity contribution in [3.63, 3.8) is 0 Å². The first-order valence-electron chi connectivity index (χ1n) is 8.17. The van der Waals surface area contributed by atoms with Gasteiger partial charge in [0, 0.05) is 28.8 Å². The van der Waals surface area contributed by atoms with Crippen LogP contribution in [0, 0.1) is 5.82 Å². The van der Waals surface area contributed by atoms with Gasteiger partial charge in [0.05, 0.1) is 0 Å². The Kier molecular flexibility index (Phi) is 10.7.